The molecule has 1 N–H and O–H groups in total. The van der Waals surface area contributed by atoms with Gasteiger partial charge in [0, 0.05) is 30.9 Å². The highest BCUT2D eigenvalue weighted by Crippen LogP contribution is 2.21. The van der Waals surface area contributed by atoms with E-state index in [2.05, 4.69) is 54.7 Å². The van der Waals surface area contributed by atoms with Gasteiger partial charge < -0.3 is 10.2 Å². The van der Waals surface area contributed by atoms with Crippen LogP contribution in [-0.2, 0) is 6.54 Å². The van der Waals surface area contributed by atoms with Gasteiger partial charge in [-0.3, -0.25) is 0 Å². The number of anilines is 1. The Morgan fingerprint density at radius 3 is 2.79 bits per heavy atom. The molecule has 0 spiro atoms. The van der Waals surface area contributed by atoms with Crippen molar-refractivity contribution in [1.29, 1.82) is 0 Å². The number of nitrogens with one attached hydrogen (secondary N) is 1. The van der Waals surface area contributed by atoms with E-state index in [9.17, 15) is 0 Å². The quantitative estimate of drug-likeness (QED) is 0.763. The van der Waals surface area contributed by atoms with Crippen molar-refractivity contribution >= 4 is 5.82 Å². The van der Waals surface area contributed by atoms with Crippen LogP contribution < -0.4 is 10.2 Å². The molecule has 1 fully saturated rings. The zero-order chi connectivity index (χ0) is 13.8. The van der Waals surface area contributed by atoms with Crippen molar-refractivity contribution in [3.05, 3.63) is 36.0 Å². The molecule has 3 nitrogen and oxygen atoms in total. The number of hydrogen-bond donors (Lipinski definition) is 1. The van der Waals surface area contributed by atoms with Gasteiger partial charge in [0.2, 0.25) is 0 Å². The summed E-state index contributed by atoms with van der Waals surface area (Å²) in [7, 11) is 0. The Bertz CT molecular complexity index is 436. The van der Waals surface area contributed by atoms with Gasteiger partial charge in [-0.05, 0) is 51.3 Å². The number of hydrogen-bond acceptors (Lipinski definition) is 3. The minimum absolute atomic E-state index is 0.427. The zero-order valence-corrected chi connectivity index (χ0v) is 12.3. The summed E-state index contributed by atoms with van der Waals surface area (Å²) in [4.78, 5) is 6.95. The van der Waals surface area contributed by atoms with E-state index >= 15 is 0 Å². The maximum Gasteiger partial charge on any atom is 0.129 e. The molecule has 19 heavy (non-hydrogen) atoms. The minimum Gasteiger partial charge on any atom is -0.350 e. The Balaban J connectivity index is 2.15. The van der Waals surface area contributed by atoms with Crippen molar-refractivity contribution in [2.24, 2.45) is 0 Å². The van der Waals surface area contributed by atoms with Crippen LogP contribution in [0, 0.1) is 6.92 Å². The molecular weight excluding hydrogens is 234 g/mol. The summed E-state index contributed by atoms with van der Waals surface area (Å²) in [6, 6.07) is 5.54. The largest absolute Gasteiger partial charge is 0.350 e. The molecule has 1 aromatic heterocycles. The van der Waals surface area contributed by atoms with Crippen LogP contribution in [0.2, 0.25) is 0 Å². The lowest BCUT2D eigenvalue weighted by Gasteiger charge is -2.27. The summed E-state index contributed by atoms with van der Waals surface area (Å²) in [6.07, 6.45) is 4.59. The lowest BCUT2D eigenvalue weighted by molar-refractivity contribution is 0.681. The highest BCUT2D eigenvalue weighted by molar-refractivity contribution is 5.44. The van der Waals surface area contributed by atoms with E-state index in [-0.39, 0.29) is 0 Å². The molecule has 0 radical (unpaired) electrons. The second kappa shape index (κ2) is 6.20. The van der Waals surface area contributed by atoms with Gasteiger partial charge in [-0.25, -0.2) is 4.98 Å². The number of pyridine rings is 1. The first-order valence-corrected chi connectivity index (χ1v) is 7.18. The van der Waals surface area contributed by atoms with Crippen molar-refractivity contribution in [2.45, 2.75) is 52.2 Å². The van der Waals surface area contributed by atoms with Crippen LogP contribution in [-0.4, -0.2) is 23.6 Å². The van der Waals surface area contributed by atoms with Crippen molar-refractivity contribution in [3.8, 4) is 0 Å². The molecule has 104 valence electrons. The molecule has 0 aliphatic heterocycles. The lowest BCUT2D eigenvalue weighted by Crippen LogP contribution is -2.32. The summed E-state index contributed by atoms with van der Waals surface area (Å²) >= 11 is 0. The van der Waals surface area contributed by atoms with Crippen molar-refractivity contribution in [3.63, 3.8) is 0 Å². The van der Waals surface area contributed by atoms with Gasteiger partial charge in [0.05, 0.1) is 0 Å². The molecular formula is C16H25N3. The fourth-order valence-electron chi connectivity index (χ4n) is 2.23. The predicted molar refractivity (Wildman–Crippen MR) is 81.5 cm³/mol. The molecule has 1 saturated carbocycles. The average Bonchev–Trinajstić information content (AvgIpc) is 3.16. The molecule has 1 aliphatic carbocycles. The first-order chi connectivity index (χ1) is 9.10. The van der Waals surface area contributed by atoms with E-state index in [1.807, 2.05) is 6.08 Å². The van der Waals surface area contributed by atoms with Gasteiger partial charge >= 0.3 is 0 Å². The number of aromatic nitrogens is 1. The van der Waals surface area contributed by atoms with Crippen molar-refractivity contribution in [2.75, 3.05) is 11.4 Å². The van der Waals surface area contributed by atoms with E-state index in [0.717, 1.165) is 30.6 Å². The highest BCUT2D eigenvalue weighted by atomic mass is 15.2. The second-order valence-corrected chi connectivity index (χ2v) is 5.66. The third-order valence-electron chi connectivity index (χ3n) is 3.42. The van der Waals surface area contributed by atoms with Crippen LogP contribution in [0.4, 0.5) is 5.82 Å². The maximum absolute atomic E-state index is 4.67. The molecule has 0 aromatic carbocycles. The summed E-state index contributed by atoms with van der Waals surface area (Å²) in [5, 5.41) is 3.56. The third-order valence-corrected chi connectivity index (χ3v) is 3.42. The number of nitrogens with zero attached hydrogens (tertiary/aromatic N) is 2. The fourth-order valence-corrected chi connectivity index (χ4v) is 2.23. The summed E-state index contributed by atoms with van der Waals surface area (Å²) in [5.41, 5.74) is 2.41. The molecule has 0 unspecified atom stereocenters. The molecule has 2 rings (SSSR count). The zero-order valence-electron chi connectivity index (χ0n) is 12.3. The molecule has 0 saturated heterocycles. The van der Waals surface area contributed by atoms with Gasteiger partial charge in [0.25, 0.3) is 0 Å². The normalized spacial score (nSPS) is 14.7. The molecule has 1 heterocycles. The van der Waals surface area contributed by atoms with Crippen LogP contribution >= 0.6 is 0 Å². The topological polar surface area (TPSA) is 28.2 Å². The van der Waals surface area contributed by atoms with E-state index in [4.69, 9.17) is 0 Å². The standard InChI is InChI=1S/C16H25N3/c1-5-8-19(12(2)3)16-10-14(9-13(4)18-16)11-17-15-6-7-15/h5,9-10,12,15,17H,1,6-8,11H2,2-4H3. The monoisotopic (exact) mass is 259 g/mol. The van der Waals surface area contributed by atoms with Crippen molar-refractivity contribution < 1.29 is 0 Å². The summed E-state index contributed by atoms with van der Waals surface area (Å²) in [6.45, 7) is 12.1. The number of aryl methyl sites for hydroxylation is 1. The van der Waals surface area contributed by atoms with Crippen molar-refractivity contribution in [1.82, 2.24) is 10.3 Å². The average molecular weight is 259 g/mol. The van der Waals surface area contributed by atoms with Crippen LogP contribution in [0.25, 0.3) is 0 Å². The van der Waals surface area contributed by atoms with Crippen LogP contribution in [0.1, 0.15) is 37.9 Å². The summed E-state index contributed by atoms with van der Waals surface area (Å²) in [5.74, 6) is 1.06. The Labute approximate surface area is 116 Å². The van der Waals surface area contributed by atoms with E-state index in [0.29, 0.717) is 6.04 Å². The van der Waals surface area contributed by atoms with Gasteiger partial charge in [-0.15, -0.1) is 6.58 Å². The van der Waals surface area contributed by atoms with E-state index in [1.54, 1.807) is 0 Å². The van der Waals surface area contributed by atoms with Gasteiger partial charge in [-0.2, -0.15) is 0 Å². The van der Waals surface area contributed by atoms with Crippen LogP contribution in [0.5, 0.6) is 0 Å². The fraction of sp³-hybridized carbons (Fsp3) is 0.562. The SMILES string of the molecule is C=CCN(c1cc(CNC2CC2)cc(C)n1)C(C)C. The van der Waals surface area contributed by atoms with E-state index < -0.39 is 0 Å². The first-order valence-electron chi connectivity index (χ1n) is 7.18. The van der Waals surface area contributed by atoms with Gasteiger partial charge in [-0.1, -0.05) is 6.08 Å². The summed E-state index contributed by atoms with van der Waals surface area (Å²) < 4.78 is 0. The third kappa shape index (κ3) is 4.06. The Hall–Kier alpha value is -1.35. The Morgan fingerprint density at radius 2 is 2.21 bits per heavy atom. The second-order valence-electron chi connectivity index (χ2n) is 5.66. The molecule has 0 bridgehead atoms. The van der Waals surface area contributed by atoms with Crippen LogP contribution in [0.15, 0.2) is 24.8 Å². The minimum atomic E-state index is 0.427. The molecule has 3 heteroatoms. The Morgan fingerprint density at radius 1 is 1.47 bits per heavy atom. The van der Waals surface area contributed by atoms with Crippen LogP contribution in [0.3, 0.4) is 0 Å². The molecule has 0 atom stereocenters. The Kier molecular flexibility index (Phi) is 4.59. The highest BCUT2D eigenvalue weighted by Gasteiger charge is 2.20. The predicted octanol–water partition coefficient (Wildman–Crippen LogP) is 3.04. The van der Waals surface area contributed by atoms with Gasteiger partial charge in [0.1, 0.15) is 5.82 Å². The van der Waals surface area contributed by atoms with Gasteiger partial charge in [0.15, 0.2) is 0 Å². The lowest BCUT2D eigenvalue weighted by atomic mass is 10.2. The molecule has 1 aromatic rings. The van der Waals surface area contributed by atoms with E-state index in [1.165, 1.54) is 18.4 Å². The smallest absolute Gasteiger partial charge is 0.129 e. The maximum atomic E-state index is 4.67. The molecule has 1 aliphatic rings. The first kappa shape index (κ1) is 14.1. The number of rotatable bonds is 7. The molecule has 0 amide bonds.